The van der Waals surface area contributed by atoms with Crippen LogP contribution in [0.1, 0.15) is 34.0 Å². The molecule has 3 aromatic rings. The molecule has 0 spiro atoms. The summed E-state index contributed by atoms with van der Waals surface area (Å²) in [7, 11) is 0. The zero-order valence-electron chi connectivity index (χ0n) is 19.1. The molecule has 1 unspecified atom stereocenters. The number of pyridine rings is 1. The van der Waals surface area contributed by atoms with E-state index in [2.05, 4.69) is 32.2 Å². The highest BCUT2D eigenvalue weighted by Crippen LogP contribution is 2.31. The molecule has 1 N–H and O–H groups in total. The van der Waals surface area contributed by atoms with Gasteiger partial charge in [-0.3, -0.25) is 4.90 Å². The third-order valence-electron chi connectivity index (χ3n) is 5.96. The molecule has 1 aromatic heterocycles. The van der Waals surface area contributed by atoms with Gasteiger partial charge in [-0.2, -0.15) is 13.2 Å². The van der Waals surface area contributed by atoms with E-state index < -0.39 is 11.7 Å². The van der Waals surface area contributed by atoms with Crippen molar-refractivity contribution in [1.82, 2.24) is 14.8 Å². The maximum absolute atomic E-state index is 12.9. The highest BCUT2D eigenvalue weighted by Gasteiger charge is 2.31. The van der Waals surface area contributed by atoms with E-state index in [1.165, 1.54) is 0 Å². The quantitative estimate of drug-likeness (QED) is 0.461. The molecule has 1 aliphatic rings. The Kier molecular flexibility index (Phi) is 7.19. The molecule has 0 radical (unpaired) electrons. The number of nitrogens with zero attached hydrogens (tertiary/aromatic N) is 3. The monoisotopic (exact) mass is 484 g/mol. The highest BCUT2D eigenvalue weighted by atomic mass is 32.1. The Bertz CT molecular complexity index is 1110. The lowest BCUT2D eigenvalue weighted by Crippen LogP contribution is -2.51. The van der Waals surface area contributed by atoms with Crippen LogP contribution in [0.2, 0.25) is 0 Å². The summed E-state index contributed by atoms with van der Waals surface area (Å²) in [4.78, 5) is 8.96. The van der Waals surface area contributed by atoms with Crippen LogP contribution in [0.15, 0.2) is 66.7 Å². The molecule has 1 saturated heterocycles. The van der Waals surface area contributed by atoms with Crippen molar-refractivity contribution in [3.8, 4) is 0 Å². The molecule has 1 aliphatic heterocycles. The summed E-state index contributed by atoms with van der Waals surface area (Å²) in [5.74, 6) is 0.728. The first kappa shape index (κ1) is 24.2. The molecule has 4 nitrogen and oxygen atoms in total. The smallest absolute Gasteiger partial charge is 0.346 e. The van der Waals surface area contributed by atoms with Crippen LogP contribution in [0.5, 0.6) is 0 Å². The average molecular weight is 485 g/mol. The number of hydrogen-bond acceptors (Lipinski definition) is 3. The predicted octanol–water partition coefficient (Wildman–Crippen LogP) is 5.97. The Balaban J connectivity index is 1.50. The van der Waals surface area contributed by atoms with Crippen LogP contribution >= 0.6 is 12.2 Å². The maximum Gasteiger partial charge on any atom is 0.416 e. The van der Waals surface area contributed by atoms with Crippen molar-refractivity contribution < 1.29 is 13.2 Å². The van der Waals surface area contributed by atoms with Gasteiger partial charge in [0.2, 0.25) is 0 Å². The molecule has 1 atom stereocenters. The van der Waals surface area contributed by atoms with Crippen LogP contribution in [-0.2, 0) is 12.7 Å². The molecule has 0 saturated carbocycles. The minimum Gasteiger partial charge on any atom is -0.346 e. The van der Waals surface area contributed by atoms with Crippen molar-refractivity contribution in [2.75, 3.05) is 25.0 Å². The number of thiocarbonyl (C=S) groups is 1. The fraction of sp³-hybridized carbons (Fsp3) is 0.308. The summed E-state index contributed by atoms with van der Waals surface area (Å²) in [6.07, 6.45) is -4.33. The van der Waals surface area contributed by atoms with Gasteiger partial charge in [0.15, 0.2) is 5.11 Å². The Hall–Kier alpha value is -2.97. The van der Waals surface area contributed by atoms with Gasteiger partial charge < -0.3 is 10.2 Å². The molecule has 8 heteroatoms. The Morgan fingerprint density at radius 2 is 1.74 bits per heavy atom. The highest BCUT2D eigenvalue weighted by molar-refractivity contribution is 7.80. The third kappa shape index (κ3) is 5.93. The van der Waals surface area contributed by atoms with Gasteiger partial charge in [-0.25, -0.2) is 4.98 Å². The normalized spacial score (nSPS) is 17.0. The number of benzene rings is 2. The first-order valence-electron chi connectivity index (χ1n) is 11.2. The number of rotatable bonds is 4. The third-order valence-corrected chi connectivity index (χ3v) is 6.32. The maximum atomic E-state index is 12.9. The molecule has 34 heavy (non-hydrogen) atoms. The van der Waals surface area contributed by atoms with E-state index in [-0.39, 0.29) is 6.04 Å². The zero-order valence-corrected chi connectivity index (χ0v) is 20.0. The van der Waals surface area contributed by atoms with Crippen molar-refractivity contribution in [3.05, 3.63) is 94.7 Å². The summed E-state index contributed by atoms with van der Waals surface area (Å²) in [5, 5.41) is 3.89. The molecule has 178 valence electrons. The lowest BCUT2D eigenvalue weighted by molar-refractivity contribution is -0.137. The molecule has 1 fully saturated rings. The van der Waals surface area contributed by atoms with E-state index in [0.29, 0.717) is 24.7 Å². The standard InChI is InChI=1S/C26H27F3N4S/c1-18-14-19(2)30-24(15-18)31-25(34)33-13-12-32(23(17-33)21-6-4-3-5-7-21)16-20-8-10-22(11-9-20)26(27,28)29/h3-11,14-15,23H,12-13,16-17H2,1-2H3,(H,30,31,34). The van der Waals surface area contributed by atoms with Gasteiger partial charge in [0.1, 0.15) is 5.82 Å². The van der Waals surface area contributed by atoms with Crippen LogP contribution < -0.4 is 5.32 Å². The van der Waals surface area contributed by atoms with Crippen molar-refractivity contribution in [3.63, 3.8) is 0 Å². The lowest BCUT2D eigenvalue weighted by Gasteiger charge is -2.42. The number of hydrogen-bond donors (Lipinski definition) is 1. The summed E-state index contributed by atoms with van der Waals surface area (Å²) in [6.45, 7) is 6.63. The van der Waals surface area contributed by atoms with Crippen LogP contribution in [0.25, 0.3) is 0 Å². The van der Waals surface area contributed by atoms with E-state index in [9.17, 15) is 13.2 Å². The first-order valence-corrected chi connectivity index (χ1v) is 11.6. The van der Waals surface area contributed by atoms with Crippen molar-refractivity contribution >= 4 is 23.1 Å². The molecule has 0 bridgehead atoms. The summed E-state index contributed by atoms with van der Waals surface area (Å²) >= 11 is 5.71. The lowest BCUT2D eigenvalue weighted by atomic mass is 10.0. The number of anilines is 1. The Morgan fingerprint density at radius 3 is 2.38 bits per heavy atom. The van der Waals surface area contributed by atoms with Gasteiger partial charge in [0.25, 0.3) is 0 Å². The van der Waals surface area contributed by atoms with Crippen LogP contribution in [0, 0.1) is 13.8 Å². The molecule has 2 aromatic carbocycles. The largest absolute Gasteiger partial charge is 0.416 e. The SMILES string of the molecule is Cc1cc(C)nc(NC(=S)N2CCN(Cc3ccc(C(F)(F)F)cc3)C(c3ccccc3)C2)c1. The number of aryl methyl sites for hydroxylation is 2. The van der Waals surface area contributed by atoms with E-state index in [1.807, 2.05) is 44.2 Å². The van der Waals surface area contributed by atoms with Gasteiger partial charge >= 0.3 is 6.18 Å². The fourth-order valence-corrected chi connectivity index (χ4v) is 4.58. The molecule has 4 rings (SSSR count). The summed E-state index contributed by atoms with van der Waals surface area (Å²) in [5.41, 5.74) is 3.40. The second-order valence-electron chi connectivity index (χ2n) is 8.64. The molecule has 2 heterocycles. The molecule has 0 aliphatic carbocycles. The number of halogens is 3. The number of aromatic nitrogens is 1. The molecule has 0 amide bonds. The van der Waals surface area contributed by atoms with Crippen LogP contribution in [0.3, 0.4) is 0 Å². The second kappa shape index (κ2) is 10.1. The minimum absolute atomic E-state index is 0.0456. The van der Waals surface area contributed by atoms with Gasteiger partial charge in [-0.15, -0.1) is 0 Å². The molecular weight excluding hydrogens is 457 g/mol. The summed E-state index contributed by atoms with van der Waals surface area (Å²) < 4.78 is 38.8. The van der Waals surface area contributed by atoms with Gasteiger partial charge in [-0.05, 0) is 67.0 Å². The van der Waals surface area contributed by atoms with Gasteiger partial charge in [0, 0.05) is 31.9 Å². The van der Waals surface area contributed by atoms with Crippen molar-refractivity contribution in [2.24, 2.45) is 0 Å². The number of piperazine rings is 1. The average Bonchev–Trinajstić information content (AvgIpc) is 2.79. The van der Waals surface area contributed by atoms with Crippen LogP contribution in [-0.4, -0.2) is 39.5 Å². The predicted molar refractivity (Wildman–Crippen MR) is 133 cm³/mol. The van der Waals surface area contributed by atoms with Crippen molar-refractivity contribution in [2.45, 2.75) is 32.6 Å². The molecular formula is C26H27F3N4S. The zero-order chi connectivity index (χ0) is 24.3. The first-order chi connectivity index (χ1) is 16.2. The topological polar surface area (TPSA) is 31.4 Å². The number of nitrogens with one attached hydrogen (secondary N) is 1. The van der Waals surface area contributed by atoms with Crippen LogP contribution in [0.4, 0.5) is 19.0 Å². The van der Waals surface area contributed by atoms with E-state index in [1.54, 1.807) is 12.1 Å². The van der Waals surface area contributed by atoms with E-state index in [4.69, 9.17) is 12.2 Å². The summed E-state index contributed by atoms with van der Waals surface area (Å²) in [6, 6.07) is 19.6. The minimum atomic E-state index is -4.33. The fourth-order valence-electron chi connectivity index (χ4n) is 4.31. The Morgan fingerprint density at radius 1 is 1.03 bits per heavy atom. The van der Waals surface area contributed by atoms with Gasteiger partial charge in [-0.1, -0.05) is 42.5 Å². The van der Waals surface area contributed by atoms with E-state index >= 15 is 0 Å². The second-order valence-corrected chi connectivity index (χ2v) is 9.03. The van der Waals surface area contributed by atoms with Crippen molar-refractivity contribution in [1.29, 1.82) is 0 Å². The number of alkyl halides is 3. The van der Waals surface area contributed by atoms with Gasteiger partial charge in [0.05, 0.1) is 11.6 Å². The van der Waals surface area contributed by atoms with E-state index in [0.717, 1.165) is 46.9 Å². The Labute approximate surface area is 203 Å².